The molecule has 0 saturated carbocycles. The average molecular weight is 168 g/mol. The maximum Gasteiger partial charge on any atom is 0.212 e. The molecule has 0 fully saturated rings. The van der Waals surface area contributed by atoms with Crippen molar-refractivity contribution in [2.24, 2.45) is 13.0 Å². The molecule has 0 radical (unpaired) electrons. The monoisotopic (exact) mass is 168 g/mol. The second-order valence-electron chi connectivity index (χ2n) is 3.61. The Kier molecular flexibility index (Phi) is 2.40. The van der Waals surface area contributed by atoms with E-state index in [9.17, 15) is 5.11 Å². The molecule has 1 rings (SSSR count). The molecular weight excluding hydrogens is 152 g/mol. The summed E-state index contributed by atoms with van der Waals surface area (Å²) >= 11 is 0. The van der Waals surface area contributed by atoms with Crippen LogP contribution < -0.4 is 0 Å². The second-order valence-corrected chi connectivity index (χ2v) is 3.61. The molecule has 1 aromatic heterocycles. The fourth-order valence-corrected chi connectivity index (χ4v) is 1.34. The Balaban J connectivity index is 2.97. The van der Waals surface area contributed by atoms with E-state index in [-0.39, 0.29) is 0 Å². The lowest BCUT2D eigenvalue weighted by molar-refractivity contribution is 0.411. The Labute approximate surface area is 73.0 Å². The van der Waals surface area contributed by atoms with Gasteiger partial charge in [-0.1, -0.05) is 13.8 Å². The molecule has 3 heteroatoms. The molecule has 0 aliphatic rings. The minimum atomic E-state index is 0.307. The van der Waals surface area contributed by atoms with Crippen molar-refractivity contribution in [1.82, 2.24) is 9.78 Å². The third-order valence-corrected chi connectivity index (χ3v) is 1.93. The number of aromatic hydroxyl groups is 1. The normalized spacial score (nSPS) is 11.1. The third-order valence-electron chi connectivity index (χ3n) is 1.93. The van der Waals surface area contributed by atoms with Crippen LogP contribution in [0.3, 0.4) is 0 Å². The van der Waals surface area contributed by atoms with E-state index in [1.54, 1.807) is 7.05 Å². The maximum atomic E-state index is 9.57. The van der Waals surface area contributed by atoms with Crippen LogP contribution in [0, 0.1) is 12.8 Å². The highest BCUT2D eigenvalue weighted by Crippen LogP contribution is 2.22. The van der Waals surface area contributed by atoms with Gasteiger partial charge in [0.2, 0.25) is 5.88 Å². The molecule has 1 heterocycles. The van der Waals surface area contributed by atoms with E-state index >= 15 is 0 Å². The van der Waals surface area contributed by atoms with Gasteiger partial charge in [0.05, 0.1) is 5.69 Å². The Morgan fingerprint density at radius 1 is 1.50 bits per heavy atom. The van der Waals surface area contributed by atoms with Crippen molar-refractivity contribution in [2.45, 2.75) is 27.2 Å². The highest BCUT2D eigenvalue weighted by molar-refractivity contribution is 5.29. The highest BCUT2D eigenvalue weighted by Gasteiger charge is 2.12. The second kappa shape index (κ2) is 3.17. The quantitative estimate of drug-likeness (QED) is 0.729. The Morgan fingerprint density at radius 3 is 2.42 bits per heavy atom. The van der Waals surface area contributed by atoms with E-state index in [1.807, 2.05) is 6.92 Å². The van der Waals surface area contributed by atoms with Gasteiger partial charge < -0.3 is 5.11 Å². The zero-order valence-corrected chi connectivity index (χ0v) is 8.13. The minimum Gasteiger partial charge on any atom is -0.493 e. The van der Waals surface area contributed by atoms with Crippen molar-refractivity contribution in [3.63, 3.8) is 0 Å². The van der Waals surface area contributed by atoms with E-state index in [0.717, 1.165) is 17.7 Å². The molecule has 12 heavy (non-hydrogen) atoms. The van der Waals surface area contributed by atoms with Crippen LogP contribution in [0.15, 0.2) is 0 Å². The van der Waals surface area contributed by atoms with Gasteiger partial charge >= 0.3 is 0 Å². The SMILES string of the molecule is Cc1nn(C)c(O)c1CC(C)C. The van der Waals surface area contributed by atoms with Gasteiger partial charge in [0, 0.05) is 12.6 Å². The van der Waals surface area contributed by atoms with Crippen molar-refractivity contribution < 1.29 is 5.11 Å². The summed E-state index contributed by atoms with van der Waals surface area (Å²) in [5.74, 6) is 0.861. The molecule has 0 aliphatic carbocycles. The van der Waals surface area contributed by atoms with Crippen LogP contribution in [0.1, 0.15) is 25.1 Å². The standard InChI is InChI=1S/C9H16N2O/c1-6(2)5-8-7(3)10-11(4)9(8)12/h6,12H,5H2,1-4H3. The summed E-state index contributed by atoms with van der Waals surface area (Å²) < 4.78 is 1.52. The molecule has 0 atom stereocenters. The summed E-state index contributed by atoms with van der Waals surface area (Å²) in [5, 5.41) is 13.7. The summed E-state index contributed by atoms with van der Waals surface area (Å²) in [7, 11) is 1.76. The van der Waals surface area contributed by atoms with Gasteiger partial charge in [-0.15, -0.1) is 0 Å². The molecule has 0 spiro atoms. The number of aromatic nitrogens is 2. The Bertz CT molecular complexity index is 276. The fraction of sp³-hybridized carbons (Fsp3) is 0.667. The first kappa shape index (κ1) is 9.10. The summed E-state index contributed by atoms with van der Waals surface area (Å²) in [6.45, 7) is 6.19. The predicted molar refractivity (Wildman–Crippen MR) is 48.2 cm³/mol. The molecule has 1 N–H and O–H groups in total. The van der Waals surface area contributed by atoms with Gasteiger partial charge in [0.25, 0.3) is 0 Å². The molecule has 0 aromatic carbocycles. The molecule has 68 valence electrons. The van der Waals surface area contributed by atoms with Crippen molar-refractivity contribution >= 4 is 0 Å². The smallest absolute Gasteiger partial charge is 0.212 e. The number of hydrogen-bond acceptors (Lipinski definition) is 2. The van der Waals surface area contributed by atoms with Gasteiger partial charge in [-0.3, -0.25) is 0 Å². The number of rotatable bonds is 2. The molecule has 0 unspecified atom stereocenters. The van der Waals surface area contributed by atoms with E-state index in [4.69, 9.17) is 0 Å². The van der Waals surface area contributed by atoms with Crippen LogP contribution in [0.2, 0.25) is 0 Å². The number of hydrogen-bond donors (Lipinski definition) is 1. The summed E-state index contributed by atoms with van der Waals surface area (Å²) in [6.07, 6.45) is 0.894. The molecule has 0 saturated heterocycles. The van der Waals surface area contributed by atoms with Gasteiger partial charge in [-0.05, 0) is 19.3 Å². The number of nitrogens with zero attached hydrogens (tertiary/aromatic N) is 2. The first-order chi connectivity index (χ1) is 5.52. The van der Waals surface area contributed by atoms with Gasteiger partial charge in [0.15, 0.2) is 0 Å². The first-order valence-electron chi connectivity index (χ1n) is 4.23. The summed E-state index contributed by atoms with van der Waals surface area (Å²) in [4.78, 5) is 0. The minimum absolute atomic E-state index is 0.307. The third kappa shape index (κ3) is 1.60. The van der Waals surface area contributed by atoms with Gasteiger partial charge in [0.1, 0.15) is 0 Å². The van der Waals surface area contributed by atoms with Crippen LogP contribution in [0.5, 0.6) is 5.88 Å². The van der Waals surface area contributed by atoms with Crippen molar-refractivity contribution in [1.29, 1.82) is 0 Å². The Morgan fingerprint density at radius 2 is 2.08 bits per heavy atom. The van der Waals surface area contributed by atoms with Gasteiger partial charge in [-0.2, -0.15) is 5.10 Å². The van der Waals surface area contributed by atoms with Crippen LogP contribution >= 0.6 is 0 Å². The van der Waals surface area contributed by atoms with Crippen molar-refractivity contribution in [3.05, 3.63) is 11.3 Å². The predicted octanol–water partition coefficient (Wildman–Crippen LogP) is 1.63. The number of aryl methyl sites for hydroxylation is 2. The van der Waals surface area contributed by atoms with Crippen molar-refractivity contribution in [2.75, 3.05) is 0 Å². The first-order valence-corrected chi connectivity index (χ1v) is 4.23. The van der Waals surface area contributed by atoms with E-state index < -0.39 is 0 Å². The van der Waals surface area contributed by atoms with E-state index in [0.29, 0.717) is 11.8 Å². The average Bonchev–Trinajstić information content (AvgIpc) is 2.16. The van der Waals surface area contributed by atoms with E-state index in [1.165, 1.54) is 4.68 Å². The van der Waals surface area contributed by atoms with Crippen LogP contribution in [-0.4, -0.2) is 14.9 Å². The van der Waals surface area contributed by atoms with Crippen LogP contribution in [-0.2, 0) is 13.5 Å². The topological polar surface area (TPSA) is 38.0 Å². The lowest BCUT2D eigenvalue weighted by Gasteiger charge is -2.03. The molecule has 0 bridgehead atoms. The zero-order chi connectivity index (χ0) is 9.30. The molecule has 0 amide bonds. The summed E-state index contributed by atoms with van der Waals surface area (Å²) in [6, 6.07) is 0. The fourth-order valence-electron chi connectivity index (χ4n) is 1.34. The zero-order valence-electron chi connectivity index (χ0n) is 8.13. The van der Waals surface area contributed by atoms with Crippen LogP contribution in [0.4, 0.5) is 0 Å². The largest absolute Gasteiger partial charge is 0.493 e. The molecular formula is C9H16N2O. The molecule has 1 aromatic rings. The lowest BCUT2D eigenvalue weighted by atomic mass is 10.0. The summed E-state index contributed by atoms with van der Waals surface area (Å²) in [5.41, 5.74) is 1.91. The Hall–Kier alpha value is -0.990. The van der Waals surface area contributed by atoms with E-state index in [2.05, 4.69) is 18.9 Å². The molecule has 0 aliphatic heterocycles. The lowest BCUT2D eigenvalue weighted by Crippen LogP contribution is -1.94. The van der Waals surface area contributed by atoms with Gasteiger partial charge in [-0.25, -0.2) is 4.68 Å². The highest BCUT2D eigenvalue weighted by atomic mass is 16.3. The van der Waals surface area contributed by atoms with Crippen molar-refractivity contribution in [3.8, 4) is 5.88 Å². The van der Waals surface area contributed by atoms with Crippen LogP contribution in [0.25, 0.3) is 0 Å². The molecule has 3 nitrogen and oxygen atoms in total. The maximum absolute atomic E-state index is 9.57.